The number of hydrogen-bond donors (Lipinski definition) is 0. The summed E-state index contributed by atoms with van der Waals surface area (Å²) in [6.45, 7) is 4.13. The molecule has 4 aromatic rings. The smallest absolute Gasteiger partial charge is 0.143 e. The second-order valence-electron chi connectivity index (χ2n) is 7.52. The summed E-state index contributed by atoms with van der Waals surface area (Å²) < 4.78 is 7.61. The molecule has 0 radical (unpaired) electrons. The second kappa shape index (κ2) is 9.31. The van der Waals surface area contributed by atoms with Crippen LogP contribution in [0.3, 0.4) is 0 Å². The first-order valence-corrected chi connectivity index (χ1v) is 10.7. The van der Waals surface area contributed by atoms with Gasteiger partial charge < -0.3 is 9.30 Å². The minimum absolute atomic E-state index is 0.618. The zero-order valence-corrected chi connectivity index (χ0v) is 18.7. The Morgan fingerprint density at radius 3 is 2.55 bits per heavy atom. The lowest BCUT2D eigenvalue weighted by Gasteiger charge is -2.13. The minimum Gasteiger partial charge on any atom is -0.495 e. The standard InChI is InChI=1S/C25H25ClN4O/c1-4-5-20-14-27-24(29-25(20)19-7-9-21(26)10-8-19)13-18-6-11-22(23(12-18)31-3)30-15-17(2)28-16-30/h6-12,14-16H,4-5,13H2,1-3H3. The van der Waals surface area contributed by atoms with E-state index in [9.17, 15) is 0 Å². The number of imidazole rings is 1. The lowest BCUT2D eigenvalue weighted by Crippen LogP contribution is -2.03. The van der Waals surface area contributed by atoms with Gasteiger partial charge in [0, 0.05) is 29.4 Å². The zero-order chi connectivity index (χ0) is 21.8. The lowest BCUT2D eigenvalue weighted by molar-refractivity contribution is 0.412. The molecule has 0 unspecified atom stereocenters. The van der Waals surface area contributed by atoms with E-state index < -0.39 is 0 Å². The molecule has 0 amide bonds. The Kier molecular flexibility index (Phi) is 6.33. The van der Waals surface area contributed by atoms with E-state index in [0.717, 1.165) is 63.2 Å². The first-order chi connectivity index (χ1) is 15.1. The summed E-state index contributed by atoms with van der Waals surface area (Å²) >= 11 is 6.08. The molecule has 0 aliphatic carbocycles. The Labute approximate surface area is 187 Å². The number of halogens is 1. The molecule has 2 aromatic heterocycles. The van der Waals surface area contributed by atoms with Crippen LogP contribution in [0.4, 0.5) is 0 Å². The van der Waals surface area contributed by atoms with Crippen LogP contribution in [0, 0.1) is 6.92 Å². The van der Waals surface area contributed by atoms with E-state index in [-0.39, 0.29) is 0 Å². The quantitative estimate of drug-likeness (QED) is 0.368. The number of ether oxygens (including phenoxy) is 1. The van der Waals surface area contributed by atoms with Crippen LogP contribution in [0.5, 0.6) is 5.75 Å². The van der Waals surface area contributed by atoms with Crippen molar-refractivity contribution in [2.24, 2.45) is 0 Å². The number of aryl methyl sites for hydroxylation is 2. The molecule has 2 aromatic carbocycles. The van der Waals surface area contributed by atoms with Crippen LogP contribution in [0.2, 0.25) is 5.02 Å². The largest absolute Gasteiger partial charge is 0.495 e. The van der Waals surface area contributed by atoms with Crippen LogP contribution in [0.25, 0.3) is 16.9 Å². The number of benzene rings is 2. The molecule has 0 spiro atoms. The van der Waals surface area contributed by atoms with E-state index in [1.54, 1.807) is 13.4 Å². The third-order valence-corrected chi connectivity index (χ3v) is 5.40. The van der Waals surface area contributed by atoms with Gasteiger partial charge in [0.2, 0.25) is 0 Å². The van der Waals surface area contributed by atoms with Crippen molar-refractivity contribution in [2.45, 2.75) is 33.1 Å². The predicted molar refractivity (Wildman–Crippen MR) is 124 cm³/mol. The predicted octanol–water partition coefficient (Wildman–Crippen LogP) is 5.84. The lowest BCUT2D eigenvalue weighted by atomic mass is 10.0. The van der Waals surface area contributed by atoms with Gasteiger partial charge in [-0.1, -0.05) is 43.1 Å². The van der Waals surface area contributed by atoms with E-state index >= 15 is 0 Å². The fourth-order valence-electron chi connectivity index (χ4n) is 3.62. The van der Waals surface area contributed by atoms with Gasteiger partial charge in [-0.25, -0.2) is 15.0 Å². The molecule has 0 saturated carbocycles. The minimum atomic E-state index is 0.618. The molecule has 2 heterocycles. The van der Waals surface area contributed by atoms with E-state index in [2.05, 4.69) is 23.0 Å². The van der Waals surface area contributed by atoms with Crippen molar-refractivity contribution < 1.29 is 4.74 Å². The Morgan fingerprint density at radius 1 is 1.06 bits per heavy atom. The molecule has 0 N–H and O–H groups in total. The van der Waals surface area contributed by atoms with Crippen LogP contribution < -0.4 is 4.74 Å². The maximum Gasteiger partial charge on any atom is 0.143 e. The van der Waals surface area contributed by atoms with Gasteiger partial charge in [-0.3, -0.25) is 0 Å². The van der Waals surface area contributed by atoms with Crippen LogP contribution in [-0.2, 0) is 12.8 Å². The van der Waals surface area contributed by atoms with Gasteiger partial charge in [-0.2, -0.15) is 0 Å². The summed E-state index contributed by atoms with van der Waals surface area (Å²) in [7, 11) is 1.68. The maximum absolute atomic E-state index is 6.08. The Bertz CT molecular complexity index is 1180. The van der Waals surface area contributed by atoms with Gasteiger partial charge in [-0.15, -0.1) is 0 Å². The average Bonchev–Trinajstić information content (AvgIpc) is 3.21. The normalized spacial score (nSPS) is 11.0. The third kappa shape index (κ3) is 4.78. The SMILES string of the molecule is CCCc1cnc(Cc2ccc(-n3cnc(C)c3)c(OC)c2)nc1-c1ccc(Cl)cc1. The van der Waals surface area contributed by atoms with Crippen molar-refractivity contribution >= 4 is 11.6 Å². The molecule has 6 heteroatoms. The van der Waals surface area contributed by atoms with E-state index in [4.69, 9.17) is 21.3 Å². The van der Waals surface area contributed by atoms with Gasteiger partial charge in [-0.05, 0) is 48.7 Å². The number of hydrogen-bond acceptors (Lipinski definition) is 4. The highest BCUT2D eigenvalue weighted by atomic mass is 35.5. The van der Waals surface area contributed by atoms with Crippen molar-refractivity contribution in [3.05, 3.63) is 88.9 Å². The summed E-state index contributed by atoms with van der Waals surface area (Å²) in [5.74, 6) is 1.56. The first kappa shape index (κ1) is 21.1. The molecule has 5 nitrogen and oxygen atoms in total. The van der Waals surface area contributed by atoms with Gasteiger partial charge >= 0.3 is 0 Å². The van der Waals surface area contributed by atoms with E-state index in [1.165, 1.54) is 0 Å². The molecule has 4 rings (SSSR count). The molecule has 0 atom stereocenters. The van der Waals surface area contributed by atoms with Crippen molar-refractivity contribution in [3.8, 4) is 22.7 Å². The Hall–Kier alpha value is -3.18. The number of rotatable bonds is 7. The van der Waals surface area contributed by atoms with Crippen molar-refractivity contribution in [1.82, 2.24) is 19.5 Å². The number of nitrogens with zero attached hydrogens (tertiary/aromatic N) is 4. The molecule has 0 aliphatic heterocycles. The van der Waals surface area contributed by atoms with Crippen LogP contribution in [0.15, 0.2) is 61.2 Å². The summed E-state index contributed by atoms with van der Waals surface area (Å²) in [6, 6.07) is 14.0. The number of aromatic nitrogens is 4. The summed E-state index contributed by atoms with van der Waals surface area (Å²) in [5.41, 5.74) is 6.18. The van der Waals surface area contributed by atoms with Gasteiger partial charge in [0.05, 0.1) is 30.5 Å². The van der Waals surface area contributed by atoms with Crippen LogP contribution in [-0.4, -0.2) is 26.6 Å². The molecule has 0 fully saturated rings. The second-order valence-corrected chi connectivity index (χ2v) is 7.96. The Morgan fingerprint density at radius 2 is 1.87 bits per heavy atom. The van der Waals surface area contributed by atoms with Crippen LogP contribution >= 0.6 is 11.6 Å². The molecular formula is C25H25ClN4O. The molecule has 0 bridgehead atoms. The van der Waals surface area contributed by atoms with Gasteiger partial charge in [0.25, 0.3) is 0 Å². The highest BCUT2D eigenvalue weighted by Gasteiger charge is 2.12. The third-order valence-electron chi connectivity index (χ3n) is 5.15. The average molecular weight is 433 g/mol. The van der Waals surface area contributed by atoms with Crippen LogP contribution in [0.1, 0.15) is 36.0 Å². The fourth-order valence-corrected chi connectivity index (χ4v) is 3.75. The number of methoxy groups -OCH3 is 1. The van der Waals surface area contributed by atoms with Gasteiger partial charge in [0.15, 0.2) is 0 Å². The molecule has 31 heavy (non-hydrogen) atoms. The fraction of sp³-hybridized carbons (Fsp3) is 0.240. The van der Waals surface area contributed by atoms with E-state index in [0.29, 0.717) is 6.42 Å². The highest BCUT2D eigenvalue weighted by molar-refractivity contribution is 6.30. The van der Waals surface area contributed by atoms with E-state index in [1.807, 2.05) is 60.3 Å². The highest BCUT2D eigenvalue weighted by Crippen LogP contribution is 2.27. The van der Waals surface area contributed by atoms with Gasteiger partial charge in [0.1, 0.15) is 11.6 Å². The zero-order valence-electron chi connectivity index (χ0n) is 18.0. The topological polar surface area (TPSA) is 52.8 Å². The van der Waals surface area contributed by atoms with Crippen molar-refractivity contribution in [2.75, 3.05) is 7.11 Å². The van der Waals surface area contributed by atoms with Crippen molar-refractivity contribution in [1.29, 1.82) is 0 Å². The maximum atomic E-state index is 6.08. The van der Waals surface area contributed by atoms with Crippen molar-refractivity contribution in [3.63, 3.8) is 0 Å². The summed E-state index contributed by atoms with van der Waals surface area (Å²) in [4.78, 5) is 13.9. The first-order valence-electron chi connectivity index (χ1n) is 10.4. The summed E-state index contributed by atoms with van der Waals surface area (Å²) in [5, 5.41) is 0.718. The monoisotopic (exact) mass is 432 g/mol. The molecule has 0 saturated heterocycles. The molecule has 0 aliphatic rings. The molecular weight excluding hydrogens is 408 g/mol. The summed E-state index contributed by atoms with van der Waals surface area (Å²) in [6.07, 6.45) is 8.31. The molecule has 158 valence electrons. The Balaban J connectivity index is 1.66.